The predicted octanol–water partition coefficient (Wildman–Crippen LogP) is 1.71. The smallest absolute Gasteiger partial charge is 0.326 e. The number of nitrogens with two attached hydrogens (primary N) is 1. The molecule has 1 aliphatic rings. The minimum atomic E-state index is -0.970. The van der Waals surface area contributed by atoms with Crippen LogP contribution in [0.1, 0.15) is 51.0 Å². The summed E-state index contributed by atoms with van der Waals surface area (Å²) in [5, 5.41) is 12.5. The van der Waals surface area contributed by atoms with Crippen LogP contribution < -0.4 is 11.1 Å². The number of aryl methyl sites for hydroxylation is 1. The average Bonchev–Trinajstić information content (AvgIpc) is 3.26. The number of benzene rings is 1. The van der Waals surface area contributed by atoms with Gasteiger partial charge in [0.25, 0.3) is 0 Å². The van der Waals surface area contributed by atoms with Gasteiger partial charge in [0.05, 0.1) is 12.6 Å². The highest BCUT2D eigenvalue weighted by atomic mass is 16.5. The van der Waals surface area contributed by atoms with Crippen LogP contribution in [0.15, 0.2) is 30.3 Å². The molecule has 8 heteroatoms. The summed E-state index contributed by atoms with van der Waals surface area (Å²) in [7, 11) is 0. The molecule has 1 fully saturated rings. The third-order valence-electron chi connectivity index (χ3n) is 5.61. The maximum atomic E-state index is 12.5. The summed E-state index contributed by atoms with van der Waals surface area (Å²) >= 11 is 0. The van der Waals surface area contributed by atoms with Crippen molar-refractivity contribution in [2.75, 3.05) is 19.7 Å². The topological polar surface area (TPSA) is 122 Å². The van der Waals surface area contributed by atoms with Crippen molar-refractivity contribution < 1.29 is 24.2 Å². The molecule has 4 N–H and O–H groups in total. The summed E-state index contributed by atoms with van der Waals surface area (Å²) in [6.45, 7) is 3.20. The quantitative estimate of drug-likeness (QED) is 0.320. The first-order chi connectivity index (χ1) is 14.9. The van der Waals surface area contributed by atoms with Crippen molar-refractivity contribution in [1.82, 2.24) is 10.2 Å². The summed E-state index contributed by atoms with van der Waals surface area (Å²) < 4.78 is 5.19. The third kappa shape index (κ3) is 7.95. The van der Waals surface area contributed by atoms with E-state index in [0.717, 1.165) is 12.8 Å². The first-order valence-electron chi connectivity index (χ1n) is 11.2. The van der Waals surface area contributed by atoms with E-state index in [-0.39, 0.29) is 17.9 Å². The fourth-order valence-electron chi connectivity index (χ4n) is 3.89. The predicted molar refractivity (Wildman–Crippen MR) is 117 cm³/mol. The van der Waals surface area contributed by atoms with Crippen LogP contribution in [0.4, 0.5) is 0 Å². The van der Waals surface area contributed by atoms with Gasteiger partial charge in [-0.15, -0.1) is 0 Å². The van der Waals surface area contributed by atoms with Gasteiger partial charge >= 0.3 is 11.9 Å². The number of ether oxygens (including phenoxy) is 1. The zero-order valence-corrected chi connectivity index (χ0v) is 18.3. The number of carbonyl (C=O) groups is 3. The van der Waals surface area contributed by atoms with Crippen molar-refractivity contribution in [3.05, 3.63) is 35.9 Å². The molecule has 1 unspecified atom stereocenters. The van der Waals surface area contributed by atoms with Crippen molar-refractivity contribution in [1.29, 1.82) is 0 Å². The van der Waals surface area contributed by atoms with Crippen molar-refractivity contribution in [2.45, 2.75) is 70.0 Å². The minimum absolute atomic E-state index is 0.251. The zero-order valence-electron chi connectivity index (χ0n) is 18.3. The molecule has 0 spiro atoms. The Morgan fingerprint density at radius 1 is 1.23 bits per heavy atom. The largest absolute Gasteiger partial charge is 0.480 e. The minimum Gasteiger partial charge on any atom is -0.480 e. The summed E-state index contributed by atoms with van der Waals surface area (Å²) in [6.07, 6.45) is 4.54. The van der Waals surface area contributed by atoms with Crippen LogP contribution in [0, 0.1) is 0 Å². The van der Waals surface area contributed by atoms with E-state index in [9.17, 15) is 19.5 Å². The Hall–Kier alpha value is -2.45. The van der Waals surface area contributed by atoms with Crippen molar-refractivity contribution in [2.24, 2.45) is 5.73 Å². The van der Waals surface area contributed by atoms with Crippen LogP contribution in [0.5, 0.6) is 0 Å². The molecular formula is C23H35N3O5. The number of hydrogen-bond donors (Lipinski definition) is 3. The van der Waals surface area contributed by atoms with Crippen LogP contribution in [0.2, 0.25) is 0 Å². The van der Waals surface area contributed by atoms with Crippen LogP contribution >= 0.6 is 0 Å². The standard InChI is InChI=1S/C23H35N3O5/c1-2-31-23(30)19(14-13-17-9-4-3-5-10-17)25-15-7-6-11-18(24)21(27)26-16-8-12-20(26)22(28)29/h3-5,9-10,18-20,25H,2,6-8,11-16,24H2,1H3,(H,28,29)/t18-,19?,20-/m0/s1. The number of likely N-dealkylation sites (tertiary alicyclic amines) is 1. The first-order valence-corrected chi connectivity index (χ1v) is 11.2. The number of carbonyl (C=O) groups excluding carboxylic acids is 2. The molecule has 2 rings (SSSR count). The van der Waals surface area contributed by atoms with E-state index in [1.807, 2.05) is 30.3 Å². The Morgan fingerprint density at radius 2 is 1.97 bits per heavy atom. The fourth-order valence-corrected chi connectivity index (χ4v) is 3.89. The van der Waals surface area contributed by atoms with Crippen LogP contribution in [0.25, 0.3) is 0 Å². The highest BCUT2D eigenvalue weighted by Crippen LogP contribution is 2.19. The highest BCUT2D eigenvalue weighted by molar-refractivity contribution is 5.87. The number of nitrogens with zero attached hydrogens (tertiary/aromatic N) is 1. The summed E-state index contributed by atoms with van der Waals surface area (Å²) in [5.74, 6) is -1.51. The van der Waals surface area contributed by atoms with E-state index in [0.29, 0.717) is 51.8 Å². The van der Waals surface area contributed by atoms with Gasteiger partial charge in [-0.25, -0.2) is 4.79 Å². The van der Waals surface area contributed by atoms with Gasteiger partial charge in [-0.2, -0.15) is 0 Å². The number of carboxylic acids is 1. The average molecular weight is 434 g/mol. The summed E-state index contributed by atoms with van der Waals surface area (Å²) in [6, 6.07) is 8.17. The Balaban J connectivity index is 1.72. The second-order valence-corrected chi connectivity index (χ2v) is 7.91. The first kappa shape index (κ1) is 24.8. The number of aliphatic carboxylic acids is 1. The van der Waals surface area contributed by atoms with E-state index >= 15 is 0 Å². The number of amides is 1. The van der Waals surface area contributed by atoms with Gasteiger partial charge in [-0.3, -0.25) is 9.59 Å². The molecule has 1 aliphatic heterocycles. The number of rotatable bonds is 13. The maximum absolute atomic E-state index is 12.5. The summed E-state index contributed by atoms with van der Waals surface area (Å²) in [5.41, 5.74) is 7.19. The van der Waals surface area contributed by atoms with E-state index in [4.69, 9.17) is 10.5 Å². The number of unbranched alkanes of at least 4 members (excludes halogenated alkanes) is 1. The van der Waals surface area contributed by atoms with Gasteiger partial charge in [0.15, 0.2) is 0 Å². The van der Waals surface area contributed by atoms with E-state index in [1.165, 1.54) is 10.5 Å². The van der Waals surface area contributed by atoms with Crippen LogP contribution in [-0.2, 0) is 25.5 Å². The Bertz CT molecular complexity index is 712. The van der Waals surface area contributed by atoms with Crippen LogP contribution in [0.3, 0.4) is 0 Å². The molecule has 31 heavy (non-hydrogen) atoms. The Morgan fingerprint density at radius 3 is 2.65 bits per heavy atom. The van der Waals surface area contributed by atoms with Gasteiger partial charge in [0, 0.05) is 6.54 Å². The number of hydrogen-bond acceptors (Lipinski definition) is 6. The number of esters is 1. The van der Waals surface area contributed by atoms with Crippen LogP contribution in [-0.4, -0.2) is 65.7 Å². The lowest BCUT2D eigenvalue weighted by Gasteiger charge is -2.24. The molecule has 1 aromatic carbocycles. The van der Waals surface area contributed by atoms with Gasteiger partial charge < -0.3 is 25.8 Å². The normalized spacial score (nSPS) is 17.9. The lowest BCUT2D eigenvalue weighted by molar-refractivity contribution is -0.148. The Kier molecular flexibility index (Phi) is 10.5. The molecular weight excluding hydrogens is 398 g/mol. The van der Waals surface area contributed by atoms with Crippen molar-refractivity contribution >= 4 is 17.8 Å². The lowest BCUT2D eigenvalue weighted by Crippen LogP contribution is -2.48. The molecule has 1 saturated heterocycles. The number of carboxylic acid groups (broad SMARTS) is 1. The second-order valence-electron chi connectivity index (χ2n) is 7.91. The van der Waals surface area contributed by atoms with E-state index in [2.05, 4.69) is 5.32 Å². The second kappa shape index (κ2) is 13.1. The van der Waals surface area contributed by atoms with E-state index in [1.54, 1.807) is 6.92 Å². The number of nitrogens with one attached hydrogen (secondary N) is 1. The molecule has 0 saturated carbocycles. The van der Waals surface area contributed by atoms with Crippen molar-refractivity contribution in [3.63, 3.8) is 0 Å². The monoisotopic (exact) mass is 433 g/mol. The third-order valence-corrected chi connectivity index (χ3v) is 5.61. The molecule has 1 amide bonds. The van der Waals surface area contributed by atoms with E-state index < -0.39 is 18.1 Å². The van der Waals surface area contributed by atoms with Gasteiger partial charge in [0.1, 0.15) is 12.1 Å². The Labute approximate surface area is 184 Å². The SMILES string of the molecule is CCOC(=O)C(CCc1ccccc1)NCCCC[C@H](N)C(=O)N1CCC[C@H]1C(=O)O. The van der Waals surface area contributed by atoms with Gasteiger partial charge in [-0.05, 0) is 57.6 Å². The maximum Gasteiger partial charge on any atom is 0.326 e. The molecule has 1 heterocycles. The van der Waals surface area contributed by atoms with Crippen molar-refractivity contribution in [3.8, 4) is 0 Å². The molecule has 0 radical (unpaired) electrons. The molecule has 3 atom stereocenters. The molecule has 0 aromatic heterocycles. The fraction of sp³-hybridized carbons (Fsp3) is 0.609. The van der Waals surface area contributed by atoms with Gasteiger partial charge in [0.2, 0.25) is 5.91 Å². The molecule has 8 nitrogen and oxygen atoms in total. The zero-order chi connectivity index (χ0) is 22.6. The summed E-state index contributed by atoms with van der Waals surface area (Å²) in [4.78, 5) is 37.4. The molecule has 0 aliphatic carbocycles. The molecule has 1 aromatic rings. The molecule has 0 bridgehead atoms. The van der Waals surface area contributed by atoms with Gasteiger partial charge in [-0.1, -0.05) is 36.8 Å². The highest BCUT2D eigenvalue weighted by Gasteiger charge is 2.35. The molecule has 172 valence electrons. The lowest BCUT2D eigenvalue weighted by atomic mass is 10.0.